The number of hydrogen-bond donors (Lipinski definition) is 1. The molecule has 1 saturated heterocycles. The van der Waals surface area contributed by atoms with E-state index in [2.05, 4.69) is 10.1 Å². The van der Waals surface area contributed by atoms with Gasteiger partial charge in [-0.1, -0.05) is 11.6 Å². The van der Waals surface area contributed by atoms with Gasteiger partial charge in [0.05, 0.1) is 0 Å². The maximum Gasteiger partial charge on any atom is 0.573 e. The zero-order valence-corrected chi connectivity index (χ0v) is 10.7. The van der Waals surface area contributed by atoms with E-state index in [1.165, 1.54) is 12.1 Å². The number of piperidine rings is 1. The molecule has 7 heteroatoms. The van der Waals surface area contributed by atoms with E-state index < -0.39 is 6.36 Å². The molecule has 1 aromatic carbocycles. The zero-order chi connectivity index (χ0) is 13.9. The SMILES string of the molecule is FC(F)(F)Oc1cc(Cl)cc(OC2CCNCC2)c1. The molecule has 2 rings (SSSR count). The first-order chi connectivity index (χ1) is 8.92. The monoisotopic (exact) mass is 295 g/mol. The van der Waals surface area contributed by atoms with Crippen molar-refractivity contribution in [3.63, 3.8) is 0 Å². The van der Waals surface area contributed by atoms with Gasteiger partial charge in [-0.3, -0.25) is 0 Å². The summed E-state index contributed by atoms with van der Waals surface area (Å²) in [6, 6.07) is 3.78. The van der Waals surface area contributed by atoms with Gasteiger partial charge in [0.25, 0.3) is 0 Å². The molecule has 0 spiro atoms. The molecule has 3 nitrogen and oxygen atoms in total. The highest BCUT2D eigenvalue weighted by Crippen LogP contribution is 2.31. The number of halogens is 4. The quantitative estimate of drug-likeness (QED) is 0.927. The topological polar surface area (TPSA) is 30.5 Å². The van der Waals surface area contributed by atoms with Crippen molar-refractivity contribution in [2.75, 3.05) is 13.1 Å². The van der Waals surface area contributed by atoms with Crippen LogP contribution in [0.3, 0.4) is 0 Å². The Morgan fingerprint density at radius 1 is 1.11 bits per heavy atom. The van der Waals surface area contributed by atoms with Gasteiger partial charge in [-0.15, -0.1) is 13.2 Å². The molecule has 1 fully saturated rings. The lowest BCUT2D eigenvalue weighted by Crippen LogP contribution is -2.34. The minimum Gasteiger partial charge on any atom is -0.490 e. The van der Waals surface area contributed by atoms with Crippen molar-refractivity contribution >= 4 is 11.6 Å². The number of nitrogens with one attached hydrogen (secondary N) is 1. The van der Waals surface area contributed by atoms with Gasteiger partial charge in [0.1, 0.15) is 17.6 Å². The molecule has 1 aliphatic heterocycles. The number of ether oxygens (including phenoxy) is 2. The van der Waals surface area contributed by atoms with Gasteiger partial charge in [-0.25, -0.2) is 0 Å². The van der Waals surface area contributed by atoms with Crippen molar-refractivity contribution in [1.82, 2.24) is 5.32 Å². The van der Waals surface area contributed by atoms with Gasteiger partial charge >= 0.3 is 6.36 Å². The van der Waals surface area contributed by atoms with Crippen molar-refractivity contribution in [2.45, 2.75) is 25.3 Å². The second-order valence-corrected chi connectivity index (χ2v) is 4.67. The predicted octanol–water partition coefficient (Wildman–Crippen LogP) is 3.37. The highest BCUT2D eigenvalue weighted by Gasteiger charge is 2.31. The summed E-state index contributed by atoms with van der Waals surface area (Å²) in [6.45, 7) is 1.66. The molecular weight excluding hydrogens is 283 g/mol. The molecule has 1 N–H and O–H groups in total. The van der Waals surface area contributed by atoms with Crippen LogP contribution in [0.4, 0.5) is 13.2 Å². The van der Waals surface area contributed by atoms with Gasteiger partial charge < -0.3 is 14.8 Å². The summed E-state index contributed by atoms with van der Waals surface area (Å²) in [5, 5.41) is 3.32. The van der Waals surface area contributed by atoms with Crippen LogP contribution in [0.2, 0.25) is 5.02 Å². The van der Waals surface area contributed by atoms with Crippen LogP contribution < -0.4 is 14.8 Å². The van der Waals surface area contributed by atoms with E-state index in [9.17, 15) is 13.2 Å². The molecule has 0 atom stereocenters. The summed E-state index contributed by atoms with van der Waals surface area (Å²) in [5.41, 5.74) is 0. The average Bonchev–Trinajstić information content (AvgIpc) is 2.26. The van der Waals surface area contributed by atoms with E-state index in [4.69, 9.17) is 16.3 Å². The molecule has 0 saturated carbocycles. The number of benzene rings is 1. The minimum atomic E-state index is -4.74. The Morgan fingerprint density at radius 2 is 1.74 bits per heavy atom. The minimum absolute atomic E-state index is 0.0153. The fourth-order valence-electron chi connectivity index (χ4n) is 1.90. The van der Waals surface area contributed by atoms with E-state index in [1.54, 1.807) is 0 Å². The van der Waals surface area contributed by atoms with Gasteiger partial charge in [0.15, 0.2) is 0 Å². The molecule has 0 amide bonds. The summed E-state index contributed by atoms with van der Waals surface area (Å²) >= 11 is 5.76. The van der Waals surface area contributed by atoms with Gasteiger partial charge in [-0.05, 0) is 38.1 Å². The lowest BCUT2D eigenvalue weighted by molar-refractivity contribution is -0.274. The fraction of sp³-hybridized carbons (Fsp3) is 0.500. The van der Waals surface area contributed by atoms with Crippen molar-refractivity contribution in [1.29, 1.82) is 0 Å². The number of alkyl halides is 3. The highest BCUT2D eigenvalue weighted by atomic mass is 35.5. The number of hydrogen-bond acceptors (Lipinski definition) is 3. The Hall–Kier alpha value is -1.14. The van der Waals surface area contributed by atoms with E-state index in [-0.39, 0.29) is 16.9 Å². The summed E-state index contributed by atoms with van der Waals surface area (Å²) in [5.74, 6) is -0.0809. The van der Waals surface area contributed by atoms with E-state index in [0.717, 1.165) is 32.0 Å². The standard InChI is InChI=1S/C12H13ClF3NO2/c13-8-5-10(18-9-1-3-17-4-2-9)7-11(6-8)19-12(14,15)16/h5-7,9,17H,1-4H2. The third-order valence-corrected chi connectivity index (χ3v) is 2.89. The third-order valence-electron chi connectivity index (χ3n) is 2.67. The van der Waals surface area contributed by atoms with Crippen LogP contribution in [0.1, 0.15) is 12.8 Å². The molecule has 0 aliphatic carbocycles. The normalized spacial score (nSPS) is 17.3. The fourth-order valence-corrected chi connectivity index (χ4v) is 2.12. The first kappa shape index (κ1) is 14.3. The molecular formula is C12H13ClF3NO2. The Bertz CT molecular complexity index is 433. The van der Waals surface area contributed by atoms with Crippen LogP contribution >= 0.6 is 11.6 Å². The van der Waals surface area contributed by atoms with Gasteiger partial charge in [-0.2, -0.15) is 0 Å². The van der Waals surface area contributed by atoms with Crippen molar-refractivity contribution in [3.05, 3.63) is 23.2 Å². The van der Waals surface area contributed by atoms with Crippen LogP contribution in [-0.4, -0.2) is 25.6 Å². The van der Waals surface area contributed by atoms with Gasteiger partial charge in [0.2, 0.25) is 0 Å². The average molecular weight is 296 g/mol. The first-order valence-electron chi connectivity index (χ1n) is 5.86. The second kappa shape index (κ2) is 5.88. The highest BCUT2D eigenvalue weighted by molar-refractivity contribution is 6.30. The van der Waals surface area contributed by atoms with Crippen LogP contribution in [0.15, 0.2) is 18.2 Å². The first-order valence-corrected chi connectivity index (χ1v) is 6.24. The Balaban J connectivity index is 2.07. The predicted molar refractivity (Wildman–Crippen MR) is 64.7 cm³/mol. The van der Waals surface area contributed by atoms with Crippen molar-refractivity contribution in [3.8, 4) is 11.5 Å². The third kappa shape index (κ3) is 4.80. The van der Waals surface area contributed by atoms with Gasteiger partial charge in [0, 0.05) is 11.1 Å². The molecule has 1 aliphatic rings. The molecule has 0 aromatic heterocycles. The summed E-state index contributed by atoms with van der Waals surface area (Å²) in [6.07, 6.45) is -3.14. The molecule has 0 radical (unpaired) electrons. The molecule has 1 aromatic rings. The van der Waals surface area contributed by atoms with Crippen LogP contribution in [-0.2, 0) is 0 Å². The maximum absolute atomic E-state index is 12.1. The molecule has 1 heterocycles. The van der Waals surface area contributed by atoms with Crippen LogP contribution in [0.5, 0.6) is 11.5 Å². The summed E-state index contributed by atoms with van der Waals surface area (Å²) < 4.78 is 45.9. The van der Waals surface area contributed by atoms with E-state index in [1.807, 2.05) is 0 Å². The second-order valence-electron chi connectivity index (χ2n) is 4.24. The largest absolute Gasteiger partial charge is 0.573 e. The Labute approximate surface area is 113 Å². The molecule has 0 unspecified atom stereocenters. The summed E-state index contributed by atoms with van der Waals surface area (Å²) in [7, 11) is 0. The lowest BCUT2D eigenvalue weighted by Gasteiger charge is -2.24. The summed E-state index contributed by atoms with van der Waals surface area (Å²) in [4.78, 5) is 0. The lowest BCUT2D eigenvalue weighted by atomic mass is 10.1. The van der Waals surface area contributed by atoms with Crippen molar-refractivity contribution < 1.29 is 22.6 Å². The number of rotatable bonds is 3. The maximum atomic E-state index is 12.1. The smallest absolute Gasteiger partial charge is 0.490 e. The van der Waals surface area contributed by atoms with E-state index >= 15 is 0 Å². The van der Waals surface area contributed by atoms with Crippen molar-refractivity contribution in [2.24, 2.45) is 0 Å². The van der Waals surface area contributed by atoms with Crippen LogP contribution in [0, 0.1) is 0 Å². The van der Waals surface area contributed by atoms with E-state index in [0.29, 0.717) is 5.75 Å². The Morgan fingerprint density at radius 3 is 2.37 bits per heavy atom. The van der Waals surface area contributed by atoms with Crippen LogP contribution in [0.25, 0.3) is 0 Å². The molecule has 19 heavy (non-hydrogen) atoms. The molecule has 0 bridgehead atoms. The molecule has 106 valence electrons. The Kier molecular flexibility index (Phi) is 4.42. The zero-order valence-electron chi connectivity index (χ0n) is 9.97.